The average molecular weight is 594 g/mol. The SMILES string of the molecule is CCCCNC(=O)C(CC)N(Cc1ccc(C)cc1)C(=O)CN(c1ccc(OCC)cc1)S(=O)(=O)c1ccc(C)cc1. The zero-order chi connectivity index (χ0) is 30.7. The van der Waals surface area contributed by atoms with E-state index >= 15 is 0 Å². The summed E-state index contributed by atoms with van der Waals surface area (Å²) in [6.07, 6.45) is 2.13. The van der Waals surface area contributed by atoms with Crippen molar-refractivity contribution in [3.05, 3.63) is 89.5 Å². The van der Waals surface area contributed by atoms with E-state index in [0.29, 0.717) is 31.0 Å². The summed E-state index contributed by atoms with van der Waals surface area (Å²) in [5.41, 5.74) is 3.17. The van der Waals surface area contributed by atoms with Crippen LogP contribution in [0.15, 0.2) is 77.7 Å². The molecule has 0 aliphatic rings. The van der Waals surface area contributed by atoms with Gasteiger partial charge in [0.25, 0.3) is 10.0 Å². The lowest BCUT2D eigenvalue weighted by Crippen LogP contribution is -2.52. The van der Waals surface area contributed by atoms with Crippen LogP contribution >= 0.6 is 0 Å². The standard InChI is InChI=1S/C33H43N3O5S/c1-6-9-22-34-33(38)31(7-2)35(23-27-14-10-25(4)11-15-27)32(37)24-36(28-16-18-29(19-17-28)41-8-3)42(39,40)30-20-12-26(5)13-21-30/h10-21,31H,6-9,22-24H2,1-5H3,(H,34,38). The summed E-state index contributed by atoms with van der Waals surface area (Å²) in [4.78, 5) is 29.0. The Bertz CT molecular complexity index is 1410. The monoisotopic (exact) mass is 593 g/mol. The predicted octanol–water partition coefficient (Wildman–Crippen LogP) is 5.62. The first kappa shape index (κ1) is 32.7. The van der Waals surface area contributed by atoms with E-state index in [1.165, 1.54) is 17.0 Å². The van der Waals surface area contributed by atoms with Gasteiger partial charge in [-0.25, -0.2) is 8.42 Å². The first-order chi connectivity index (χ1) is 20.1. The first-order valence-electron chi connectivity index (χ1n) is 14.6. The van der Waals surface area contributed by atoms with Gasteiger partial charge in [0, 0.05) is 13.1 Å². The number of nitrogens with zero attached hydrogens (tertiary/aromatic N) is 2. The van der Waals surface area contributed by atoms with Crippen LogP contribution in [0.2, 0.25) is 0 Å². The maximum absolute atomic E-state index is 14.1. The largest absolute Gasteiger partial charge is 0.494 e. The van der Waals surface area contributed by atoms with Crippen LogP contribution in [0.4, 0.5) is 5.69 Å². The number of benzene rings is 3. The second-order valence-electron chi connectivity index (χ2n) is 10.3. The molecule has 0 aliphatic heterocycles. The second-order valence-corrected chi connectivity index (χ2v) is 12.2. The zero-order valence-electron chi connectivity index (χ0n) is 25.3. The molecular formula is C33H43N3O5S. The molecule has 1 atom stereocenters. The van der Waals surface area contributed by atoms with Gasteiger partial charge in [0.1, 0.15) is 18.3 Å². The van der Waals surface area contributed by atoms with Crippen LogP contribution in [-0.2, 0) is 26.2 Å². The molecule has 42 heavy (non-hydrogen) atoms. The van der Waals surface area contributed by atoms with Crippen LogP contribution in [0, 0.1) is 13.8 Å². The molecule has 0 heterocycles. The van der Waals surface area contributed by atoms with Crippen molar-refractivity contribution in [2.45, 2.75) is 71.4 Å². The van der Waals surface area contributed by atoms with Crippen LogP contribution in [0.5, 0.6) is 5.75 Å². The summed E-state index contributed by atoms with van der Waals surface area (Å²) in [6, 6.07) is 20.1. The van der Waals surface area contributed by atoms with Crippen LogP contribution in [0.3, 0.4) is 0 Å². The van der Waals surface area contributed by atoms with E-state index in [-0.39, 0.29) is 17.3 Å². The van der Waals surface area contributed by atoms with Gasteiger partial charge >= 0.3 is 0 Å². The number of aryl methyl sites for hydroxylation is 2. The number of amides is 2. The maximum Gasteiger partial charge on any atom is 0.264 e. The second kappa shape index (κ2) is 15.4. The summed E-state index contributed by atoms with van der Waals surface area (Å²) < 4.78 is 34.7. The normalized spacial score (nSPS) is 11.9. The molecule has 0 saturated heterocycles. The van der Waals surface area contributed by atoms with E-state index in [0.717, 1.165) is 33.8 Å². The molecule has 0 aromatic heterocycles. The summed E-state index contributed by atoms with van der Waals surface area (Å²) in [6.45, 7) is 10.3. The molecule has 0 spiro atoms. The molecule has 9 heteroatoms. The fourth-order valence-electron chi connectivity index (χ4n) is 4.56. The number of hydrogen-bond acceptors (Lipinski definition) is 5. The van der Waals surface area contributed by atoms with Gasteiger partial charge in [0.15, 0.2) is 0 Å². The fraction of sp³-hybridized carbons (Fsp3) is 0.394. The van der Waals surface area contributed by atoms with Crippen molar-refractivity contribution in [1.82, 2.24) is 10.2 Å². The van der Waals surface area contributed by atoms with E-state index in [1.54, 1.807) is 36.4 Å². The lowest BCUT2D eigenvalue weighted by molar-refractivity contribution is -0.140. The van der Waals surface area contributed by atoms with Crippen molar-refractivity contribution in [2.24, 2.45) is 0 Å². The molecule has 0 aliphatic carbocycles. The van der Waals surface area contributed by atoms with Gasteiger partial charge in [-0.2, -0.15) is 0 Å². The predicted molar refractivity (Wildman–Crippen MR) is 167 cm³/mol. The fourth-order valence-corrected chi connectivity index (χ4v) is 5.97. The smallest absolute Gasteiger partial charge is 0.264 e. The van der Waals surface area contributed by atoms with Gasteiger partial charge in [0.2, 0.25) is 11.8 Å². The topological polar surface area (TPSA) is 96.0 Å². The van der Waals surface area contributed by atoms with E-state index in [4.69, 9.17) is 4.74 Å². The number of unbranched alkanes of at least 4 members (excludes halogenated alkanes) is 1. The van der Waals surface area contributed by atoms with Crippen molar-refractivity contribution in [1.29, 1.82) is 0 Å². The highest BCUT2D eigenvalue weighted by atomic mass is 32.2. The van der Waals surface area contributed by atoms with Crippen molar-refractivity contribution in [3.8, 4) is 5.75 Å². The Kier molecular flexibility index (Phi) is 12.0. The molecule has 0 radical (unpaired) electrons. The Morgan fingerprint density at radius 1 is 0.857 bits per heavy atom. The number of nitrogens with one attached hydrogen (secondary N) is 1. The van der Waals surface area contributed by atoms with Crippen molar-refractivity contribution < 1.29 is 22.7 Å². The first-order valence-corrected chi connectivity index (χ1v) is 16.0. The van der Waals surface area contributed by atoms with Gasteiger partial charge in [-0.3, -0.25) is 13.9 Å². The molecule has 0 saturated carbocycles. The number of rotatable bonds is 15. The molecule has 8 nitrogen and oxygen atoms in total. The third-order valence-electron chi connectivity index (χ3n) is 7.01. The van der Waals surface area contributed by atoms with Crippen LogP contribution in [-0.4, -0.2) is 50.9 Å². The third kappa shape index (κ3) is 8.58. The van der Waals surface area contributed by atoms with E-state index in [9.17, 15) is 18.0 Å². The maximum atomic E-state index is 14.1. The van der Waals surface area contributed by atoms with Crippen LogP contribution < -0.4 is 14.4 Å². The minimum Gasteiger partial charge on any atom is -0.494 e. The van der Waals surface area contributed by atoms with Gasteiger partial charge in [-0.05, 0) is 75.6 Å². The van der Waals surface area contributed by atoms with E-state index in [2.05, 4.69) is 5.32 Å². The third-order valence-corrected chi connectivity index (χ3v) is 8.80. The lowest BCUT2D eigenvalue weighted by atomic mass is 10.1. The number of sulfonamides is 1. The summed E-state index contributed by atoms with van der Waals surface area (Å²) >= 11 is 0. The van der Waals surface area contributed by atoms with Gasteiger partial charge in [0.05, 0.1) is 17.2 Å². The Balaban J connectivity index is 2.03. The number of ether oxygens (including phenoxy) is 1. The molecule has 0 bridgehead atoms. The number of carbonyl (C=O) groups excluding carboxylic acids is 2. The van der Waals surface area contributed by atoms with Crippen molar-refractivity contribution in [2.75, 3.05) is 24.0 Å². The highest BCUT2D eigenvalue weighted by molar-refractivity contribution is 7.92. The molecule has 226 valence electrons. The Morgan fingerprint density at radius 3 is 2.00 bits per heavy atom. The minimum atomic E-state index is -4.13. The van der Waals surface area contributed by atoms with Crippen molar-refractivity contribution in [3.63, 3.8) is 0 Å². The Hall–Kier alpha value is -3.85. The van der Waals surface area contributed by atoms with E-state index < -0.39 is 28.5 Å². The molecule has 3 aromatic carbocycles. The Morgan fingerprint density at radius 2 is 1.45 bits per heavy atom. The van der Waals surface area contributed by atoms with Gasteiger partial charge in [-0.15, -0.1) is 0 Å². The quantitative estimate of drug-likeness (QED) is 0.231. The minimum absolute atomic E-state index is 0.0734. The van der Waals surface area contributed by atoms with Gasteiger partial charge < -0.3 is 15.0 Å². The summed E-state index contributed by atoms with van der Waals surface area (Å²) in [5.74, 6) is -0.130. The molecule has 1 N–H and O–H groups in total. The molecular weight excluding hydrogens is 550 g/mol. The number of anilines is 1. The molecule has 3 aromatic rings. The molecule has 3 rings (SSSR count). The van der Waals surface area contributed by atoms with Crippen molar-refractivity contribution >= 4 is 27.5 Å². The van der Waals surface area contributed by atoms with Crippen LogP contribution in [0.1, 0.15) is 56.7 Å². The van der Waals surface area contributed by atoms with Gasteiger partial charge in [-0.1, -0.05) is 67.8 Å². The molecule has 1 unspecified atom stereocenters. The number of carbonyl (C=O) groups is 2. The molecule has 0 fully saturated rings. The summed E-state index contributed by atoms with van der Waals surface area (Å²) in [5, 5.41) is 2.95. The highest BCUT2D eigenvalue weighted by Crippen LogP contribution is 2.27. The summed E-state index contributed by atoms with van der Waals surface area (Å²) in [7, 11) is -4.13. The van der Waals surface area contributed by atoms with Crippen LogP contribution in [0.25, 0.3) is 0 Å². The average Bonchev–Trinajstić information content (AvgIpc) is 2.97. The highest BCUT2D eigenvalue weighted by Gasteiger charge is 2.33. The lowest BCUT2D eigenvalue weighted by Gasteiger charge is -2.33. The molecule has 2 amide bonds. The zero-order valence-corrected chi connectivity index (χ0v) is 26.1. The Labute approximate surface area is 250 Å². The number of hydrogen-bond donors (Lipinski definition) is 1. The van der Waals surface area contributed by atoms with E-state index in [1.807, 2.05) is 58.9 Å².